The Morgan fingerprint density at radius 3 is 2.39 bits per heavy atom. The van der Waals surface area contributed by atoms with E-state index in [1.54, 1.807) is 7.11 Å². The number of carbonyl (C=O) groups is 2. The lowest BCUT2D eigenvalue weighted by Crippen LogP contribution is -2.54. The van der Waals surface area contributed by atoms with Gasteiger partial charge >= 0.3 is 0 Å². The fraction of sp³-hybridized carbons (Fsp3) is 0.543. The largest absolute Gasteiger partial charge is 0.497 e. The highest BCUT2D eigenvalue weighted by Crippen LogP contribution is 2.48. The lowest BCUT2D eigenvalue weighted by Gasteiger charge is -2.39. The molecule has 5 aliphatic rings. The highest BCUT2D eigenvalue weighted by Gasteiger charge is 2.43. The Morgan fingerprint density at radius 1 is 0.932 bits per heavy atom. The number of piperazine rings is 1. The number of ether oxygens (including phenoxy) is 2. The zero-order valence-electron chi connectivity index (χ0n) is 34.9. The first kappa shape index (κ1) is 40.0. The minimum absolute atomic E-state index is 0.0520. The van der Waals surface area contributed by atoms with Gasteiger partial charge in [-0.1, -0.05) is 45.2 Å². The molecule has 1 saturated carbocycles. The number of benzene rings is 2. The van der Waals surface area contributed by atoms with E-state index in [-0.39, 0.29) is 42.1 Å². The van der Waals surface area contributed by atoms with Crippen LogP contribution in [0.2, 0.25) is 0 Å². The number of nitrogens with one attached hydrogen (secondary N) is 1. The molecule has 9 rings (SSSR count). The SMILES string of the molecule is COc1ccc2c(c1)C=C(c1c(C(=O)N3C4CCC3CN(C)C4)cnn1C1CCOCC1)Cn1c-2c(C2CCCCC2)c2ccc(CC(=O)NS(=O)(=O)CC(C)C)cc21. The van der Waals surface area contributed by atoms with Gasteiger partial charge < -0.3 is 23.8 Å². The monoisotopic (exact) mass is 822 g/mol. The summed E-state index contributed by atoms with van der Waals surface area (Å²) in [6.07, 6.45) is 13.4. The quantitative estimate of drug-likeness (QED) is 0.181. The molecule has 6 heterocycles. The second-order valence-electron chi connectivity index (χ2n) is 18.0. The van der Waals surface area contributed by atoms with Crippen LogP contribution in [-0.2, 0) is 32.5 Å². The number of fused-ring (bicyclic) bond motifs is 7. The van der Waals surface area contributed by atoms with E-state index in [2.05, 4.69) is 61.2 Å². The number of hydrogen-bond donors (Lipinski definition) is 1. The second kappa shape index (κ2) is 16.2. The van der Waals surface area contributed by atoms with Crippen LogP contribution < -0.4 is 9.46 Å². The highest BCUT2D eigenvalue weighted by atomic mass is 32.2. The smallest absolute Gasteiger partial charge is 0.258 e. The van der Waals surface area contributed by atoms with Crippen molar-refractivity contribution in [3.63, 3.8) is 0 Å². The maximum atomic E-state index is 15.0. The number of aromatic nitrogens is 3. The molecular weight excluding hydrogens is 765 g/mol. The number of hydrogen-bond acceptors (Lipinski definition) is 8. The Hall–Kier alpha value is -4.46. The molecule has 3 saturated heterocycles. The van der Waals surface area contributed by atoms with Gasteiger partial charge in [0, 0.05) is 54.9 Å². The minimum atomic E-state index is -3.75. The molecular formula is C46H58N6O6S. The van der Waals surface area contributed by atoms with Crippen LogP contribution in [0.25, 0.3) is 33.8 Å². The Morgan fingerprint density at radius 2 is 1.68 bits per heavy atom. The molecule has 59 heavy (non-hydrogen) atoms. The Kier molecular flexibility index (Phi) is 11.0. The predicted octanol–water partition coefficient (Wildman–Crippen LogP) is 7.03. The van der Waals surface area contributed by atoms with Crippen LogP contribution in [0.1, 0.15) is 116 Å². The first-order valence-electron chi connectivity index (χ1n) is 21.7. The van der Waals surface area contributed by atoms with Gasteiger partial charge in [0.1, 0.15) is 5.75 Å². The van der Waals surface area contributed by atoms with Crippen molar-refractivity contribution in [1.82, 2.24) is 28.9 Å². The van der Waals surface area contributed by atoms with Crippen LogP contribution in [0.5, 0.6) is 5.75 Å². The Bertz CT molecular complexity index is 2390. The minimum Gasteiger partial charge on any atom is -0.497 e. The Balaban J connectivity index is 1.22. The van der Waals surface area contributed by atoms with Crippen molar-refractivity contribution in [1.29, 1.82) is 0 Å². The summed E-state index contributed by atoms with van der Waals surface area (Å²) in [6, 6.07) is 12.9. The highest BCUT2D eigenvalue weighted by molar-refractivity contribution is 7.90. The van der Waals surface area contributed by atoms with Crippen LogP contribution >= 0.6 is 0 Å². The molecule has 4 fully saturated rings. The molecule has 314 valence electrons. The van der Waals surface area contributed by atoms with Gasteiger partial charge in [-0.3, -0.25) is 19.0 Å². The van der Waals surface area contributed by atoms with Gasteiger partial charge in [-0.2, -0.15) is 5.10 Å². The first-order valence-corrected chi connectivity index (χ1v) is 23.4. The van der Waals surface area contributed by atoms with Gasteiger partial charge in [-0.05, 0) is 110 Å². The van der Waals surface area contributed by atoms with Gasteiger partial charge in [0.2, 0.25) is 15.9 Å². The second-order valence-corrected chi connectivity index (χ2v) is 19.8. The summed E-state index contributed by atoms with van der Waals surface area (Å²) in [7, 11) is 0.0902. The van der Waals surface area contributed by atoms with E-state index < -0.39 is 15.9 Å². The van der Waals surface area contributed by atoms with Gasteiger partial charge in [0.25, 0.3) is 5.91 Å². The van der Waals surface area contributed by atoms with Gasteiger partial charge in [0.15, 0.2) is 0 Å². The molecule has 12 nitrogen and oxygen atoms in total. The summed E-state index contributed by atoms with van der Waals surface area (Å²) in [4.78, 5) is 32.8. The van der Waals surface area contributed by atoms with Crippen LogP contribution in [-0.4, -0.2) is 103 Å². The van der Waals surface area contributed by atoms with Gasteiger partial charge in [-0.15, -0.1) is 0 Å². The fourth-order valence-electron chi connectivity index (χ4n) is 10.8. The van der Waals surface area contributed by atoms with Crippen molar-refractivity contribution < 1.29 is 27.5 Å². The van der Waals surface area contributed by atoms with Crippen molar-refractivity contribution in [2.24, 2.45) is 5.92 Å². The van der Waals surface area contributed by atoms with E-state index in [0.29, 0.717) is 31.2 Å². The summed E-state index contributed by atoms with van der Waals surface area (Å²) in [5, 5.41) is 6.21. The predicted molar refractivity (Wildman–Crippen MR) is 230 cm³/mol. The number of methoxy groups -OCH3 is 1. The van der Waals surface area contributed by atoms with E-state index in [1.807, 2.05) is 32.2 Å². The molecule has 2 aromatic heterocycles. The summed E-state index contributed by atoms with van der Waals surface area (Å²) < 4.78 is 44.0. The third-order valence-electron chi connectivity index (χ3n) is 13.3. The molecule has 0 spiro atoms. The third-order valence-corrected chi connectivity index (χ3v) is 15.0. The molecule has 4 aliphatic heterocycles. The average molecular weight is 823 g/mol. The number of rotatable bonds is 10. The molecule has 2 bridgehead atoms. The van der Waals surface area contributed by atoms with Crippen molar-refractivity contribution in [3.8, 4) is 17.0 Å². The number of likely N-dealkylation sites (N-methyl/N-ethyl adjacent to an activating group) is 1. The molecule has 1 N–H and O–H groups in total. The van der Waals surface area contributed by atoms with Crippen molar-refractivity contribution >= 4 is 44.4 Å². The van der Waals surface area contributed by atoms with Crippen LogP contribution in [0, 0.1) is 5.92 Å². The van der Waals surface area contributed by atoms with E-state index in [1.165, 1.54) is 24.8 Å². The van der Waals surface area contributed by atoms with Crippen molar-refractivity contribution in [3.05, 3.63) is 70.5 Å². The zero-order chi connectivity index (χ0) is 41.0. The molecule has 2 unspecified atom stereocenters. The summed E-state index contributed by atoms with van der Waals surface area (Å²) >= 11 is 0. The lowest BCUT2D eigenvalue weighted by molar-refractivity contribution is -0.118. The van der Waals surface area contributed by atoms with Crippen molar-refractivity contribution in [2.75, 3.05) is 46.2 Å². The standard InChI is InChI=1S/C46H58N6O6S/c1-29(2)28-59(55,56)48-42(53)21-30-10-14-39-41(20-30)50-25-33(22-32-23-37(57-4)13-15-38(32)45(50)43(39)31-8-6-5-7-9-31)44-40(24-47-52(44)34-16-18-58-19-17-34)46(54)51-35-11-12-36(51)27-49(3)26-35/h10,13-15,20,22-24,29,31,34-36H,5-9,11-12,16-19,21,25-28H2,1-4H3,(H,48,53). The van der Waals surface area contributed by atoms with Crippen LogP contribution in [0.15, 0.2) is 42.6 Å². The molecule has 2 amide bonds. The average Bonchev–Trinajstić information content (AvgIpc) is 3.83. The molecule has 2 aromatic carbocycles. The van der Waals surface area contributed by atoms with Crippen LogP contribution in [0.3, 0.4) is 0 Å². The first-order chi connectivity index (χ1) is 28.5. The number of amides is 2. The third kappa shape index (κ3) is 7.74. The maximum absolute atomic E-state index is 15.0. The van der Waals surface area contributed by atoms with Gasteiger partial charge in [0.05, 0.1) is 55.0 Å². The van der Waals surface area contributed by atoms with E-state index in [0.717, 1.165) is 102 Å². The lowest BCUT2D eigenvalue weighted by atomic mass is 9.81. The zero-order valence-corrected chi connectivity index (χ0v) is 35.7. The normalized spacial score (nSPS) is 21.6. The molecule has 4 aromatic rings. The van der Waals surface area contributed by atoms with E-state index in [4.69, 9.17) is 14.6 Å². The number of likely N-dealkylation sites (tertiary alicyclic amines) is 1. The Labute approximate surface area is 347 Å². The molecule has 1 aliphatic carbocycles. The maximum Gasteiger partial charge on any atom is 0.258 e. The van der Waals surface area contributed by atoms with E-state index >= 15 is 4.79 Å². The topological polar surface area (TPSA) is 128 Å². The number of allylic oxidation sites excluding steroid dienone is 1. The summed E-state index contributed by atoms with van der Waals surface area (Å²) in [6.45, 7) is 7.13. The summed E-state index contributed by atoms with van der Waals surface area (Å²) in [5.74, 6) is 0.403. The van der Waals surface area contributed by atoms with Gasteiger partial charge in [-0.25, -0.2) is 8.42 Å². The van der Waals surface area contributed by atoms with Crippen LogP contribution in [0.4, 0.5) is 0 Å². The van der Waals surface area contributed by atoms with Crippen molar-refractivity contribution in [2.45, 2.75) is 109 Å². The summed E-state index contributed by atoms with van der Waals surface area (Å²) in [5.41, 5.74) is 8.80. The molecule has 13 heteroatoms. The number of sulfonamides is 1. The molecule has 2 atom stereocenters. The number of carbonyl (C=O) groups excluding carboxylic acids is 2. The molecule has 0 radical (unpaired) electrons. The van der Waals surface area contributed by atoms with E-state index in [9.17, 15) is 13.2 Å². The number of nitrogens with zero attached hydrogens (tertiary/aromatic N) is 5. The fourth-order valence-corrected chi connectivity index (χ4v) is 12.2.